The molecule has 8 nitrogen and oxygen atoms in total. The Balaban J connectivity index is 2.75. The maximum absolute atomic E-state index is 12.2. The maximum atomic E-state index is 12.2. The van der Waals surface area contributed by atoms with Gasteiger partial charge in [0.25, 0.3) is 0 Å². The summed E-state index contributed by atoms with van der Waals surface area (Å²) < 4.78 is 28.7. The lowest BCUT2D eigenvalue weighted by Gasteiger charge is -2.28. The molecule has 0 saturated carbocycles. The van der Waals surface area contributed by atoms with Gasteiger partial charge in [0.15, 0.2) is 15.4 Å². The van der Waals surface area contributed by atoms with Crippen molar-refractivity contribution in [2.24, 2.45) is 0 Å². The van der Waals surface area contributed by atoms with Crippen LogP contribution in [0.2, 0.25) is 0 Å². The molecule has 1 fully saturated rings. The van der Waals surface area contributed by atoms with Crippen LogP contribution in [0.4, 0.5) is 4.79 Å². The van der Waals surface area contributed by atoms with Gasteiger partial charge in [0, 0.05) is 19.6 Å². The van der Waals surface area contributed by atoms with Crippen LogP contribution in [0.25, 0.3) is 0 Å². The van der Waals surface area contributed by atoms with Crippen molar-refractivity contribution in [3.8, 4) is 0 Å². The Bertz CT molecular complexity index is 618. The van der Waals surface area contributed by atoms with E-state index in [1.165, 1.54) is 0 Å². The fourth-order valence-electron chi connectivity index (χ4n) is 2.46. The van der Waals surface area contributed by atoms with Crippen molar-refractivity contribution in [2.45, 2.75) is 63.9 Å². The van der Waals surface area contributed by atoms with Crippen molar-refractivity contribution < 1.29 is 27.9 Å². The monoisotopic (exact) mass is 378 g/mol. The van der Waals surface area contributed by atoms with Crippen LogP contribution in [0, 0.1) is 0 Å². The Morgan fingerprint density at radius 2 is 1.76 bits per heavy atom. The smallest absolute Gasteiger partial charge is 0.408 e. The van der Waals surface area contributed by atoms with Gasteiger partial charge in [0.1, 0.15) is 5.60 Å². The largest absolute Gasteiger partial charge is 0.479 e. The molecule has 0 bridgehead atoms. The van der Waals surface area contributed by atoms with Gasteiger partial charge in [-0.05, 0) is 48.0 Å². The average molecular weight is 378 g/mol. The Morgan fingerprint density at radius 1 is 1.20 bits per heavy atom. The number of nitrogens with zero attached hydrogens (tertiary/aromatic N) is 1. The fraction of sp³-hybridized carbons (Fsp3) is 0.875. The quantitative estimate of drug-likeness (QED) is 0.740. The number of carbonyl (C=O) groups excluding carboxylic acids is 1. The molecule has 1 amide bonds. The predicted molar refractivity (Wildman–Crippen MR) is 94.3 cm³/mol. The van der Waals surface area contributed by atoms with Gasteiger partial charge in [-0.1, -0.05) is 0 Å². The molecule has 0 spiro atoms. The molecule has 0 radical (unpaired) electrons. The maximum Gasteiger partial charge on any atom is 0.408 e. The first kappa shape index (κ1) is 21.7. The number of ether oxygens (including phenoxy) is 1. The molecule has 0 aliphatic carbocycles. The van der Waals surface area contributed by atoms with Crippen molar-refractivity contribution in [1.82, 2.24) is 10.2 Å². The number of carboxylic acid groups (broad SMARTS) is 1. The lowest BCUT2D eigenvalue weighted by Crippen LogP contribution is -2.57. The van der Waals surface area contributed by atoms with E-state index in [0.717, 1.165) is 0 Å². The summed E-state index contributed by atoms with van der Waals surface area (Å²) in [6, 6.07) is 0. The summed E-state index contributed by atoms with van der Waals surface area (Å²) in [6.07, 6.45) is -0.601. The number of alkyl carbamates (subject to hydrolysis) is 1. The number of carbonyl (C=O) groups is 2. The zero-order valence-electron chi connectivity index (χ0n) is 15.9. The van der Waals surface area contributed by atoms with Gasteiger partial charge in [0.05, 0.1) is 10.5 Å². The van der Waals surface area contributed by atoms with E-state index in [1.54, 1.807) is 46.4 Å². The second kappa shape index (κ2) is 7.11. The molecule has 0 aromatic rings. The number of aliphatic carboxylic acids is 1. The first-order valence-electron chi connectivity index (χ1n) is 8.27. The lowest BCUT2D eigenvalue weighted by molar-refractivity contribution is -0.144. The molecule has 1 saturated heterocycles. The van der Waals surface area contributed by atoms with Gasteiger partial charge >= 0.3 is 12.1 Å². The summed E-state index contributed by atoms with van der Waals surface area (Å²) >= 11 is 0. The lowest BCUT2D eigenvalue weighted by atomic mass is 9.99. The molecule has 146 valence electrons. The molecular formula is C16H30N2O6S. The first-order chi connectivity index (χ1) is 11.1. The van der Waals surface area contributed by atoms with Crippen molar-refractivity contribution in [1.29, 1.82) is 0 Å². The van der Waals surface area contributed by atoms with E-state index < -0.39 is 37.8 Å². The van der Waals surface area contributed by atoms with Crippen LogP contribution >= 0.6 is 0 Å². The number of carboxylic acids is 1. The van der Waals surface area contributed by atoms with Crippen LogP contribution in [0.15, 0.2) is 0 Å². The van der Waals surface area contributed by atoms with Gasteiger partial charge in [-0.25, -0.2) is 18.0 Å². The second-order valence-electron chi connectivity index (χ2n) is 8.47. The Labute approximate surface area is 149 Å². The molecule has 1 rings (SSSR count). The van der Waals surface area contributed by atoms with Crippen LogP contribution in [0.5, 0.6) is 0 Å². The molecule has 1 aliphatic rings. The van der Waals surface area contributed by atoms with Crippen LogP contribution in [-0.4, -0.2) is 71.8 Å². The van der Waals surface area contributed by atoms with Crippen LogP contribution in [0.3, 0.4) is 0 Å². The Morgan fingerprint density at radius 3 is 2.20 bits per heavy atom. The van der Waals surface area contributed by atoms with Crippen LogP contribution in [0.1, 0.15) is 48.0 Å². The number of amides is 1. The first-order valence-corrected chi connectivity index (χ1v) is 9.92. The Hall–Kier alpha value is -1.35. The standard InChI is InChI=1S/C16H30N2O6S/c1-14(2,3)24-13(21)17-16(12(19)20)7-8-18(11-16)9-10-25(22,23)15(4,5)6/h7-11H2,1-6H3,(H,17,21)(H,19,20). The van der Waals surface area contributed by atoms with Gasteiger partial charge < -0.3 is 15.2 Å². The van der Waals surface area contributed by atoms with E-state index in [9.17, 15) is 23.1 Å². The van der Waals surface area contributed by atoms with Crippen LogP contribution < -0.4 is 5.32 Å². The highest BCUT2D eigenvalue weighted by Gasteiger charge is 2.47. The third-order valence-corrected chi connectivity index (χ3v) is 6.69. The second-order valence-corrected chi connectivity index (χ2v) is 11.3. The number of hydrogen-bond acceptors (Lipinski definition) is 6. The van der Waals surface area contributed by atoms with E-state index in [2.05, 4.69) is 5.32 Å². The average Bonchev–Trinajstić information content (AvgIpc) is 2.77. The molecule has 1 aliphatic heterocycles. The summed E-state index contributed by atoms with van der Waals surface area (Å²) in [5, 5.41) is 12.0. The minimum atomic E-state index is -3.29. The normalized spacial score (nSPS) is 22.6. The molecule has 1 heterocycles. The molecular weight excluding hydrogens is 348 g/mol. The van der Waals surface area contributed by atoms with Crippen molar-refractivity contribution >= 4 is 21.9 Å². The van der Waals surface area contributed by atoms with E-state index in [1.807, 2.05) is 0 Å². The highest BCUT2D eigenvalue weighted by atomic mass is 32.2. The number of sulfone groups is 1. The van der Waals surface area contributed by atoms with E-state index in [4.69, 9.17) is 4.74 Å². The van der Waals surface area contributed by atoms with Gasteiger partial charge in [-0.2, -0.15) is 0 Å². The van der Waals surface area contributed by atoms with Gasteiger partial charge in [-0.3, -0.25) is 4.90 Å². The van der Waals surface area contributed by atoms with Gasteiger partial charge in [0.2, 0.25) is 0 Å². The third kappa shape index (κ3) is 5.85. The van der Waals surface area contributed by atoms with Crippen LogP contribution in [-0.2, 0) is 19.4 Å². The van der Waals surface area contributed by atoms with Crippen molar-refractivity contribution in [2.75, 3.05) is 25.4 Å². The SMILES string of the molecule is CC(C)(C)OC(=O)NC1(C(=O)O)CCN(CCS(=O)(=O)C(C)(C)C)C1. The third-order valence-electron chi connectivity index (χ3n) is 4.11. The minimum absolute atomic E-state index is 0.0429. The zero-order valence-corrected chi connectivity index (χ0v) is 16.7. The number of likely N-dealkylation sites (tertiary alicyclic amines) is 1. The molecule has 1 unspecified atom stereocenters. The molecule has 0 aromatic carbocycles. The summed E-state index contributed by atoms with van der Waals surface area (Å²) in [5.41, 5.74) is -2.20. The van der Waals surface area contributed by atoms with E-state index >= 15 is 0 Å². The summed E-state index contributed by atoms with van der Waals surface area (Å²) in [6.45, 7) is 10.6. The molecule has 25 heavy (non-hydrogen) atoms. The number of hydrogen-bond donors (Lipinski definition) is 2. The Kier molecular flexibility index (Phi) is 6.17. The fourth-order valence-corrected chi connectivity index (χ4v) is 3.58. The highest BCUT2D eigenvalue weighted by Crippen LogP contribution is 2.24. The number of nitrogens with one attached hydrogen (secondary N) is 1. The number of rotatable bonds is 5. The molecule has 2 N–H and O–H groups in total. The molecule has 9 heteroatoms. The van der Waals surface area contributed by atoms with E-state index in [-0.39, 0.29) is 25.3 Å². The molecule has 1 atom stereocenters. The highest BCUT2D eigenvalue weighted by molar-refractivity contribution is 7.92. The topological polar surface area (TPSA) is 113 Å². The summed E-state index contributed by atoms with van der Waals surface area (Å²) in [5.74, 6) is -1.21. The molecule has 0 aromatic heterocycles. The zero-order chi connectivity index (χ0) is 19.7. The predicted octanol–water partition coefficient (Wildman–Crippen LogP) is 1.25. The summed E-state index contributed by atoms with van der Waals surface area (Å²) in [7, 11) is -3.29. The van der Waals surface area contributed by atoms with Gasteiger partial charge in [-0.15, -0.1) is 0 Å². The minimum Gasteiger partial charge on any atom is -0.479 e. The van der Waals surface area contributed by atoms with E-state index in [0.29, 0.717) is 6.54 Å². The van der Waals surface area contributed by atoms with Crippen molar-refractivity contribution in [3.05, 3.63) is 0 Å². The van der Waals surface area contributed by atoms with Crippen molar-refractivity contribution in [3.63, 3.8) is 0 Å². The summed E-state index contributed by atoms with van der Waals surface area (Å²) in [4.78, 5) is 25.4.